The van der Waals surface area contributed by atoms with Gasteiger partial charge in [0.15, 0.2) is 0 Å². The Bertz CT molecular complexity index is 817. The second kappa shape index (κ2) is 9.38. The van der Waals surface area contributed by atoms with Gasteiger partial charge in [0, 0.05) is 12.6 Å². The van der Waals surface area contributed by atoms with Gasteiger partial charge in [-0.15, -0.1) is 0 Å². The second-order valence-corrected chi connectivity index (χ2v) is 5.62. The lowest BCUT2D eigenvalue weighted by Gasteiger charge is -2.23. The highest BCUT2D eigenvalue weighted by Crippen LogP contribution is 2.28. The summed E-state index contributed by atoms with van der Waals surface area (Å²) in [4.78, 5) is 37.3. The van der Waals surface area contributed by atoms with E-state index in [1.165, 1.54) is 18.9 Å². The lowest BCUT2D eigenvalue weighted by atomic mass is 10.2. The van der Waals surface area contributed by atoms with Crippen molar-refractivity contribution in [2.24, 2.45) is 0 Å². The number of hydrogen-bond acceptors (Lipinski definition) is 5. The maximum atomic E-state index is 12.4. The van der Waals surface area contributed by atoms with Crippen LogP contribution < -0.4 is 15.0 Å². The minimum atomic E-state index is -0.455. The number of carbonyl (C=O) groups excluding carboxylic acids is 3. The third kappa shape index (κ3) is 5.31. The van der Waals surface area contributed by atoms with Crippen molar-refractivity contribution in [3.8, 4) is 5.75 Å². The molecule has 0 bridgehead atoms. The van der Waals surface area contributed by atoms with Gasteiger partial charge in [0.25, 0.3) is 0 Å². The highest BCUT2D eigenvalue weighted by atomic mass is 16.5. The average molecular weight is 370 g/mol. The molecule has 7 nitrogen and oxygen atoms in total. The Morgan fingerprint density at radius 3 is 2.30 bits per heavy atom. The van der Waals surface area contributed by atoms with Crippen LogP contribution in [0.2, 0.25) is 0 Å². The number of hydrogen-bond donors (Lipinski definition) is 1. The molecule has 1 N–H and O–H groups in total. The van der Waals surface area contributed by atoms with Crippen molar-refractivity contribution in [3.05, 3.63) is 54.1 Å². The van der Waals surface area contributed by atoms with Gasteiger partial charge in [0.05, 0.1) is 25.0 Å². The van der Waals surface area contributed by atoms with Crippen molar-refractivity contribution in [2.75, 3.05) is 30.5 Å². The fourth-order valence-electron chi connectivity index (χ4n) is 2.48. The maximum Gasteiger partial charge on any atom is 0.337 e. The molecule has 0 saturated carbocycles. The number of esters is 1. The molecule has 0 aliphatic rings. The first-order valence-corrected chi connectivity index (χ1v) is 8.44. The number of amides is 2. The fourth-order valence-corrected chi connectivity index (χ4v) is 2.48. The molecule has 142 valence electrons. The molecule has 0 radical (unpaired) electrons. The van der Waals surface area contributed by atoms with Crippen LogP contribution in [0.5, 0.6) is 5.75 Å². The van der Waals surface area contributed by atoms with Gasteiger partial charge in [0.1, 0.15) is 12.3 Å². The summed E-state index contributed by atoms with van der Waals surface area (Å²) in [6.45, 7) is 3.51. The van der Waals surface area contributed by atoms with Gasteiger partial charge in [-0.1, -0.05) is 12.1 Å². The van der Waals surface area contributed by atoms with Crippen molar-refractivity contribution in [3.63, 3.8) is 0 Å². The van der Waals surface area contributed by atoms with E-state index in [0.717, 1.165) is 0 Å². The molecule has 0 unspecified atom stereocenters. The molecular weight excluding hydrogens is 348 g/mol. The molecule has 27 heavy (non-hydrogen) atoms. The molecule has 0 heterocycles. The quantitative estimate of drug-likeness (QED) is 0.758. The zero-order chi connectivity index (χ0) is 19.8. The van der Waals surface area contributed by atoms with Gasteiger partial charge in [-0.3, -0.25) is 14.5 Å². The predicted molar refractivity (Wildman–Crippen MR) is 102 cm³/mol. The summed E-state index contributed by atoms with van der Waals surface area (Å²) >= 11 is 0. The molecule has 0 spiro atoms. The lowest BCUT2D eigenvalue weighted by Crippen LogP contribution is -2.37. The van der Waals surface area contributed by atoms with Crippen molar-refractivity contribution >= 4 is 29.2 Å². The molecular formula is C20H22N2O5. The number of nitrogens with one attached hydrogen (secondary N) is 1. The normalized spacial score (nSPS) is 10.0. The third-order valence-electron chi connectivity index (χ3n) is 3.73. The molecule has 7 heteroatoms. The van der Waals surface area contributed by atoms with Gasteiger partial charge >= 0.3 is 5.97 Å². The Kier molecular flexibility index (Phi) is 6.93. The Morgan fingerprint density at radius 2 is 1.70 bits per heavy atom. The summed E-state index contributed by atoms with van der Waals surface area (Å²) < 4.78 is 10.2. The third-order valence-corrected chi connectivity index (χ3v) is 3.73. The SMILES string of the molecule is CCOc1ccccc1N(CC(=O)Nc1ccc(C(=O)OC)cc1)C(C)=O. The molecule has 0 aliphatic carbocycles. The standard InChI is InChI=1S/C20H22N2O5/c1-4-27-18-8-6-5-7-17(18)22(14(2)23)13-19(24)21-16-11-9-15(10-12-16)20(25)26-3/h5-12H,4,13H2,1-3H3,(H,21,24). The van der Waals surface area contributed by atoms with Crippen molar-refractivity contribution < 1.29 is 23.9 Å². The predicted octanol–water partition coefficient (Wildman–Crippen LogP) is 2.86. The molecule has 0 saturated heterocycles. The summed E-state index contributed by atoms with van der Waals surface area (Å²) in [5, 5.41) is 2.71. The van der Waals surface area contributed by atoms with E-state index in [9.17, 15) is 14.4 Å². The average Bonchev–Trinajstić information content (AvgIpc) is 2.67. The molecule has 2 aromatic carbocycles. The van der Waals surface area contributed by atoms with E-state index in [4.69, 9.17) is 4.74 Å². The summed E-state index contributed by atoms with van der Waals surface area (Å²) in [5.74, 6) is -0.575. The lowest BCUT2D eigenvalue weighted by molar-refractivity contribution is -0.120. The van der Waals surface area contributed by atoms with Crippen molar-refractivity contribution in [1.82, 2.24) is 0 Å². The molecule has 0 aromatic heterocycles. The Morgan fingerprint density at radius 1 is 1.04 bits per heavy atom. The summed E-state index contributed by atoms with van der Waals surface area (Å²) in [7, 11) is 1.30. The monoisotopic (exact) mass is 370 g/mol. The second-order valence-electron chi connectivity index (χ2n) is 5.62. The smallest absolute Gasteiger partial charge is 0.337 e. The number of anilines is 2. The first kappa shape index (κ1) is 20.0. The van der Waals surface area contributed by atoms with Gasteiger partial charge in [-0.25, -0.2) is 4.79 Å². The maximum absolute atomic E-state index is 12.4. The van der Waals surface area contributed by atoms with Crippen molar-refractivity contribution in [2.45, 2.75) is 13.8 Å². The minimum absolute atomic E-state index is 0.168. The van der Waals surface area contributed by atoms with Crippen LogP contribution in [-0.4, -0.2) is 38.0 Å². The Hall–Kier alpha value is -3.35. The number of ether oxygens (including phenoxy) is 2. The molecule has 0 atom stereocenters. The topological polar surface area (TPSA) is 84.9 Å². The first-order chi connectivity index (χ1) is 13.0. The van der Waals surface area contributed by atoms with E-state index in [0.29, 0.717) is 29.3 Å². The van der Waals surface area contributed by atoms with Crippen LogP contribution in [0.4, 0.5) is 11.4 Å². The Balaban J connectivity index is 2.12. The van der Waals surface area contributed by atoms with E-state index in [1.54, 1.807) is 48.5 Å². The van der Waals surface area contributed by atoms with Crippen LogP contribution in [-0.2, 0) is 14.3 Å². The molecule has 2 aromatic rings. The van der Waals surface area contributed by atoms with Crippen LogP contribution >= 0.6 is 0 Å². The van der Waals surface area contributed by atoms with Gasteiger partial charge in [-0.2, -0.15) is 0 Å². The Labute approximate surface area is 157 Å². The molecule has 0 aliphatic heterocycles. The number of rotatable bonds is 7. The number of methoxy groups -OCH3 is 1. The van der Waals surface area contributed by atoms with Gasteiger partial charge in [0.2, 0.25) is 11.8 Å². The highest BCUT2D eigenvalue weighted by molar-refractivity contribution is 6.02. The van der Waals surface area contributed by atoms with Gasteiger partial charge < -0.3 is 14.8 Å². The fraction of sp³-hybridized carbons (Fsp3) is 0.250. The molecule has 2 rings (SSSR count). The van der Waals surface area contributed by atoms with E-state index in [2.05, 4.69) is 10.1 Å². The van der Waals surface area contributed by atoms with Crippen LogP contribution in [0.1, 0.15) is 24.2 Å². The molecule has 2 amide bonds. The summed E-state index contributed by atoms with van der Waals surface area (Å²) in [6.07, 6.45) is 0. The first-order valence-electron chi connectivity index (χ1n) is 8.44. The van der Waals surface area contributed by atoms with E-state index < -0.39 is 5.97 Å². The largest absolute Gasteiger partial charge is 0.492 e. The highest BCUT2D eigenvalue weighted by Gasteiger charge is 2.19. The number of para-hydroxylation sites is 2. The number of benzene rings is 2. The summed E-state index contributed by atoms with van der Waals surface area (Å²) in [6, 6.07) is 13.3. The van der Waals surface area contributed by atoms with E-state index >= 15 is 0 Å². The van der Waals surface area contributed by atoms with Crippen LogP contribution in [0.3, 0.4) is 0 Å². The van der Waals surface area contributed by atoms with Gasteiger partial charge in [-0.05, 0) is 43.3 Å². The van der Waals surface area contributed by atoms with E-state index in [-0.39, 0.29) is 18.4 Å². The molecule has 0 fully saturated rings. The zero-order valence-corrected chi connectivity index (χ0v) is 15.5. The van der Waals surface area contributed by atoms with E-state index in [1.807, 2.05) is 6.92 Å². The minimum Gasteiger partial charge on any atom is -0.492 e. The van der Waals surface area contributed by atoms with Crippen LogP contribution in [0.25, 0.3) is 0 Å². The number of carbonyl (C=O) groups is 3. The zero-order valence-electron chi connectivity index (χ0n) is 15.5. The van der Waals surface area contributed by atoms with Crippen LogP contribution in [0, 0.1) is 0 Å². The number of nitrogens with zero attached hydrogens (tertiary/aromatic N) is 1. The van der Waals surface area contributed by atoms with Crippen molar-refractivity contribution in [1.29, 1.82) is 0 Å². The summed E-state index contributed by atoms with van der Waals surface area (Å²) in [5.41, 5.74) is 1.42. The van der Waals surface area contributed by atoms with Crippen LogP contribution in [0.15, 0.2) is 48.5 Å².